The van der Waals surface area contributed by atoms with Crippen molar-refractivity contribution in [1.29, 1.82) is 0 Å². The van der Waals surface area contributed by atoms with Gasteiger partial charge in [-0.2, -0.15) is 8.42 Å². The fraction of sp³-hybridized carbons (Fsp3) is 0.273. The lowest BCUT2D eigenvalue weighted by Gasteiger charge is -2.08. The first kappa shape index (κ1) is 12.7. The molecule has 1 aliphatic rings. The number of rotatable bonds is 4. The Labute approximate surface area is 104 Å². The molecule has 6 nitrogen and oxygen atoms in total. The van der Waals surface area contributed by atoms with Crippen LogP contribution in [0.5, 0.6) is 0 Å². The van der Waals surface area contributed by atoms with E-state index in [9.17, 15) is 18.0 Å². The Morgan fingerprint density at radius 2 is 1.89 bits per heavy atom. The summed E-state index contributed by atoms with van der Waals surface area (Å²) in [7, 11) is -3.89. The first-order chi connectivity index (χ1) is 8.46. The van der Waals surface area contributed by atoms with Crippen LogP contribution in [0.15, 0.2) is 30.3 Å². The standard InChI is InChI=1S/C11H11NO5S/c13-10-6-9(11(14)12-10)17-18(15,16)7-8-4-2-1-3-5-8/h1-5,9H,6-7H2,(H,12,13,14). The predicted octanol–water partition coefficient (Wildman–Crippen LogP) is -0.0519. The van der Waals surface area contributed by atoms with Gasteiger partial charge in [0.1, 0.15) is 5.75 Å². The first-order valence-corrected chi connectivity index (χ1v) is 6.82. The van der Waals surface area contributed by atoms with Crippen LogP contribution < -0.4 is 5.32 Å². The number of carbonyl (C=O) groups is 2. The third-order valence-electron chi connectivity index (χ3n) is 2.37. The van der Waals surface area contributed by atoms with E-state index in [-0.39, 0.29) is 12.2 Å². The lowest BCUT2D eigenvalue weighted by Crippen LogP contribution is -2.28. The molecule has 1 atom stereocenters. The number of benzene rings is 1. The van der Waals surface area contributed by atoms with Crippen molar-refractivity contribution < 1.29 is 22.2 Å². The fourth-order valence-electron chi connectivity index (χ4n) is 1.60. The molecule has 7 heteroatoms. The number of carbonyl (C=O) groups excluding carboxylic acids is 2. The second-order valence-corrected chi connectivity index (χ2v) is 5.49. The quantitative estimate of drug-likeness (QED) is 0.611. The summed E-state index contributed by atoms with van der Waals surface area (Å²) in [5.74, 6) is -1.57. The van der Waals surface area contributed by atoms with E-state index in [1.54, 1.807) is 30.3 Å². The SMILES string of the molecule is O=C1CC(OS(=O)(=O)Cc2ccccc2)C(=O)N1. The van der Waals surface area contributed by atoms with Crippen molar-refractivity contribution in [3.8, 4) is 0 Å². The van der Waals surface area contributed by atoms with Gasteiger partial charge in [0.15, 0.2) is 6.10 Å². The molecular weight excluding hydrogens is 258 g/mol. The fourth-order valence-corrected chi connectivity index (χ4v) is 2.78. The van der Waals surface area contributed by atoms with E-state index >= 15 is 0 Å². The zero-order valence-electron chi connectivity index (χ0n) is 9.33. The van der Waals surface area contributed by atoms with Gasteiger partial charge in [0.25, 0.3) is 16.0 Å². The molecule has 1 heterocycles. The van der Waals surface area contributed by atoms with Crippen LogP contribution in [0, 0.1) is 0 Å². The molecule has 1 N–H and O–H groups in total. The summed E-state index contributed by atoms with van der Waals surface area (Å²) in [4.78, 5) is 22.1. The Morgan fingerprint density at radius 3 is 2.44 bits per heavy atom. The van der Waals surface area contributed by atoms with Gasteiger partial charge in [-0.25, -0.2) is 0 Å². The molecule has 0 bridgehead atoms. The van der Waals surface area contributed by atoms with E-state index in [0.717, 1.165) is 0 Å². The summed E-state index contributed by atoms with van der Waals surface area (Å²) in [6.07, 6.45) is -1.50. The van der Waals surface area contributed by atoms with Crippen molar-refractivity contribution in [1.82, 2.24) is 5.32 Å². The summed E-state index contributed by atoms with van der Waals surface area (Å²) in [5, 5.41) is 1.99. The highest BCUT2D eigenvalue weighted by molar-refractivity contribution is 7.85. The van der Waals surface area contributed by atoms with E-state index < -0.39 is 28.0 Å². The lowest BCUT2D eigenvalue weighted by molar-refractivity contribution is -0.126. The van der Waals surface area contributed by atoms with Gasteiger partial charge in [-0.3, -0.25) is 19.1 Å². The number of amides is 2. The monoisotopic (exact) mass is 269 g/mol. The van der Waals surface area contributed by atoms with Crippen molar-refractivity contribution in [2.75, 3.05) is 0 Å². The number of hydrogen-bond acceptors (Lipinski definition) is 5. The summed E-state index contributed by atoms with van der Waals surface area (Å²) in [6, 6.07) is 8.45. The van der Waals surface area contributed by atoms with Crippen LogP contribution in [0.3, 0.4) is 0 Å². The normalized spacial score (nSPS) is 19.9. The van der Waals surface area contributed by atoms with Crippen molar-refractivity contribution >= 4 is 21.9 Å². The van der Waals surface area contributed by atoms with Crippen LogP contribution in [-0.2, 0) is 29.6 Å². The number of nitrogens with one attached hydrogen (secondary N) is 1. The minimum absolute atomic E-state index is 0.257. The van der Waals surface area contributed by atoms with Crippen LogP contribution in [0.2, 0.25) is 0 Å². The Hall–Kier alpha value is -1.73. The maximum Gasteiger partial charge on any atom is 0.272 e. The third-order valence-corrected chi connectivity index (χ3v) is 3.59. The molecule has 0 spiro atoms. The van der Waals surface area contributed by atoms with E-state index in [4.69, 9.17) is 4.18 Å². The zero-order chi connectivity index (χ0) is 13.2. The Balaban J connectivity index is 2.04. The lowest BCUT2D eigenvalue weighted by atomic mass is 10.2. The highest BCUT2D eigenvalue weighted by atomic mass is 32.2. The van der Waals surface area contributed by atoms with Gasteiger partial charge in [-0.1, -0.05) is 30.3 Å². The molecule has 2 amide bonds. The van der Waals surface area contributed by atoms with Crippen molar-refractivity contribution in [2.45, 2.75) is 18.3 Å². The Kier molecular flexibility index (Phi) is 3.44. The molecule has 1 saturated heterocycles. The van der Waals surface area contributed by atoms with Gasteiger partial charge in [-0.15, -0.1) is 0 Å². The van der Waals surface area contributed by atoms with Gasteiger partial charge >= 0.3 is 0 Å². The topological polar surface area (TPSA) is 89.5 Å². The maximum atomic E-state index is 11.7. The second-order valence-electron chi connectivity index (χ2n) is 3.89. The predicted molar refractivity (Wildman–Crippen MR) is 61.7 cm³/mol. The van der Waals surface area contributed by atoms with Gasteiger partial charge < -0.3 is 0 Å². The highest BCUT2D eigenvalue weighted by Gasteiger charge is 2.35. The molecule has 1 unspecified atom stereocenters. The molecule has 1 aromatic rings. The average molecular weight is 269 g/mol. The number of hydrogen-bond donors (Lipinski definition) is 1. The molecule has 18 heavy (non-hydrogen) atoms. The molecule has 1 aromatic carbocycles. The molecule has 0 aliphatic carbocycles. The second kappa shape index (κ2) is 4.87. The van der Waals surface area contributed by atoms with Crippen molar-refractivity contribution in [2.24, 2.45) is 0 Å². The molecule has 0 aromatic heterocycles. The van der Waals surface area contributed by atoms with Gasteiger partial charge in [0.2, 0.25) is 5.91 Å². The molecule has 96 valence electrons. The molecule has 1 fully saturated rings. The van der Waals surface area contributed by atoms with E-state index in [1.807, 2.05) is 5.32 Å². The van der Waals surface area contributed by atoms with Crippen LogP contribution in [0.4, 0.5) is 0 Å². The Morgan fingerprint density at radius 1 is 1.22 bits per heavy atom. The first-order valence-electron chi connectivity index (χ1n) is 5.25. The highest BCUT2D eigenvalue weighted by Crippen LogP contribution is 2.14. The van der Waals surface area contributed by atoms with E-state index in [1.165, 1.54) is 0 Å². The third kappa shape index (κ3) is 3.14. The van der Waals surface area contributed by atoms with Crippen LogP contribution in [0.1, 0.15) is 12.0 Å². The summed E-state index contributed by atoms with van der Waals surface area (Å²) in [6.45, 7) is 0. The van der Waals surface area contributed by atoms with Gasteiger partial charge in [-0.05, 0) is 5.56 Å². The molecule has 2 rings (SSSR count). The zero-order valence-corrected chi connectivity index (χ0v) is 10.1. The summed E-state index contributed by atoms with van der Waals surface area (Å²) < 4.78 is 28.1. The minimum atomic E-state index is -3.89. The van der Waals surface area contributed by atoms with Crippen LogP contribution in [0.25, 0.3) is 0 Å². The average Bonchev–Trinajstić information content (AvgIpc) is 2.57. The maximum absolute atomic E-state index is 11.7. The van der Waals surface area contributed by atoms with Crippen LogP contribution in [-0.4, -0.2) is 26.3 Å². The molecular formula is C11H11NO5S. The Bertz CT molecular complexity index is 566. The van der Waals surface area contributed by atoms with E-state index in [2.05, 4.69) is 0 Å². The smallest absolute Gasteiger partial charge is 0.272 e. The van der Waals surface area contributed by atoms with Crippen LogP contribution >= 0.6 is 0 Å². The van der Waals surface area contributed by atoms with Crippen molar-refractivity contribution in [3.05, 3.63) is 35.9 Å². The van der Waals surface area contributed by atoms with Crippen molar-refractivity contribution in [3.63, 3.8) is 0 Å². The summed E-state index contributed by atoms with van der Waals surface area (Å²) >= 11 is 0. The van der Waals surface area contributed by atoms with Gasteiger partial charge in [0.05, 0.1) is 6.42 Å². The molecule has 1 aliphatic heterocycles. The largest absolute Gasteiger partial charge is 0.294 e. The van der Waals surface area contributed by atoms with Gasteiger partial charge in [0, 0.05) is 0 Å². The minimum Gasteiger partial charge on any atom is -0.294 e. The molecule has 0 radical (unpaired) electrons. The molecule has 0 saturated carbocycles. The summed E-state index contributed by atoms with van der Waals surface area (Å²) in [5.41, 5.74) is 0.558. The number of imide groups is 1. The van der Waals surface area contributed by atoms with E-state index in [0.29, 0.717) is 5.56 Å².